The summed E-state index contributed by atoms with van der Waals surface area (Å²) in [5, 5.41) is 6.96. The van der Waals surface area contributed by atoms with Crippen LogP contribution in [-0.4, -0.2) is 24.0 Å². The maximum Gasteiger partial charge on any atom is 0.237 e. The van der Waals surface area contributed by atoms with E-state index in [2.05, 4.69) is 17.6 Å². The summed E-state index contributed by atoms with van der Waals surface area (Å²) in [5.41, 5.74) is 0. The normalized spacial score (nSPS) is 35.8. The van der Waals surface area contributed by atoms with Gasteiger partial charge in [-0.3, -0.25) is 4.79 Å². The summed E-state index contributed by atoms with van der Waals surface area (Å²) in [4.78, 5) is 12.6. The van der Waals surface area contributed by atoms with Crippen molar-refractivity contribution in [1.29, 1.82) is 0 Å². The number of fused-ring (bicyclic) bond motifs is 1. The molecule has 2 aliphatic carbocycles. The van der Waals surface area contributed by atoms with E-state index in [1.165, 1.54) is 64.2 Å². The Balaban J connectivity index is 1.48. The van der Waals surface area contributed by atoms with Gasteiger partial charge >= 0.3 is 0 Å². The molecule has 2 saturated carbocycles. The van der Waals surface area contributed by atoms with Crippen LogP contribution in [0.2, 0.25) is 0 Å². The highest BCUT2D eigenvalue weighted by atomic mass is 16.2. The summed E-state index contributed by atoms with van der Waals surface area (Å²) in [5.74, 6) is 1.80. The molecule has 0 aromatic rings. The lowest BCUT2D eigenvalue weighted by molar-refractivity contribution is -0.125. The van der Waals surface area contributed by atoms with E-state index in [4.69, 9.17) is 0 Å². The molecule has 2 N–H and O–H groups in total. The lowest BCUT2D eigenvalue weighted by Crippen LogP contribution is -2.56. The molecular formula is C18H32N2O. The first-order valence-electron chi connectivity index (χ1n) is 9.30. The quantitative estimate of drug-likeness (QED) is 0.837. The first-order chi connectivity index (χ1) is 10.2. The molecule has 3 fully saturated rings. The van der Waals surface area contributed by atoms with Gasteiger partial charge in [-0.1, -0.05) is 32.1 Å². The summed E-state index contributed by atoms with van der Waals surface area (Å²) < 4.78 is 0. The molecule has 1 amide bonds. The van der Waals surface area contributed by atoms with E-state index in [1.54, 1.807) is 0 Å². The minimum Gasteiger partial charge on any atom is -0.352 e. The van der Waals surface area contributed by atoms with Gasteiger partial charge in [-0.15, -0.1) is 0 Å². The van der Waals surface area contributed by atoms with E-state index in [-0.39, 0.29) is 11.9 Å². The Kier molecular flexibility index (Phi) is 5.20. The van der Waals surface area contributed by atoms with Crippen LogP contribution in [0.25, 0.3) is 0 Å². The van der Waals surface area contributed by atoms with Crippen LogP contribution in [0.1, 0.15) is 77.6 Å². The smallest absolute Gasteiger partial charge is 0.237 e. The molecule has 3 nitrogen and oxygen atoms in total. The van der Waals surface area contributed by atoms with E-state index in [0.717, 1.165) is 12.3 Å². The van der Waals surface area contributed by atoms with Gasteiger partial charge < -0.3 is 10.6 Å². The summed E-state index contributed by atoms with van der Waals surface area (Å²) in [7, 11) is 0. The van der Waals surface area contributed by atoms with Crippen molar-refractivity contribution in [3.63, 3.8) is 0 Å². The molecule has 0 aromatic heterocycles. The average Bonchev–Trinajstić information content (AvgIpc) is 2.55. The molecule has 120 valence electrons. The number of carbonyl (C=O) groups is 1. The van der Waals surface area contributed by atoms with Gasteiger partial charge in [-0.25, -0.2) is 0 Å². The Labute approximate surface area is 129 Å². The molecule has 3 rings (SSSR count). The van der Waals surface area contributed by atoms with E-state index < -0.39 is 0 Å². The van der Waals surface area contributed by atoms with Gasteiger partial charge in [0, 0.05) is 12.1 Å². The van der Waals surface area contributed by atoms with E-state index in [1.807, 2.05) is 0 Å². The molecule has 0 radical (unpaired) electrons. The Bertz CT molecular complexity index is 351. The van der Waals surface area contributed by atoms with Crippen molar-refractivity contribution in [1.82, 2.24) is 10.6 Å². The van der Waals surface area contributed by atoms with Crippen LogP contribution in [0.3, 0.4) is 0 Å². The fourth-order valence-electron chi connectivity index (χ4n) is 4.78. The van der Waals surface area contributed by atoms with Crippen molar-refractivity contribution in [2.45, 2.75) is 95.7 Å². The Morgan fingerprint density at radius 1 is 0.952 bits per heavy atom. The fraction of sp³-hybridized carbons (Fsp3) is 0.944. The van der Waals surface area contributed by atoms with Crippen molar-refractivity contribution < 1.29 is 4.79 Å². The van der Waals surface area contributed by atoms with E-state index in [0.29, 0.717) is 18.0 Å². The van der Waals surface area contributed by atoms with Crippen LogP contribution in [0.4, 0.5) is 0 Å². The SMILES string of the molecule is CC(NC(=O)C1CCC2CCCCC2N1)C1CCCCC1. The van der Waals surface area contributed by atoms with E-state index in [9.17, 15) is 4.79 Å². The van der Waals surface area contributed by atoms with Crippen molar-refractivity contribution in [2.24, 2.45) is 11.8 Å². The molecule has 21 heavy (non-hydrogen) atoms. The van der Waals surface area contributed by atoms with Crippen LogP contribution >= 0.6 is 0 Å². The highest BCUT2D eigenvalue weighted by molar-refractivity contribution is 5.82. The molecule has 0 aromatic carbocycles. The fourth-order valence-corrected chi connectivity index (χ4v) is 4.78. The first-order valence-corrected chi connectivity index (χ1v) is 9.30. The number of carbonyl (C=O) groups excluding carboxylic acids is 1. The first kappa shape index (κ1) is 15.3. The lowest BCUT2D eigenvalue weighted by atomic mass is 9.77. The van der Waals surface area contributed by atoms with Crippen LogP contribution in [-0.2, 0) is 4.79 Å². The molecule has 1 heterocycles. The minimum atomic E-state index is 0.0652. The number of amides is 1. The topological polar surface area (TPSA) is 41.1 Å². The maximum atomic E-state index is 12.6. The summed E-state index contributed by atoms with van der Waals surface area (Å²) >= 11 is 0. The van der Waals surface area contributed by atoms with Gasteiger partial charge in [0.2, 0.25) is 5.91 Å². The predicted molar refractivity (Wildman–Crippen MR) is 86.1 cm³/mol. The number of hydrogen-bond donors (Lipinski definition) is 2. The number of nitrogens with one attached hydrogen (secondary N) is 2. The zero-order valence-electron chi connectivity index (χ0n) is 13.6. The van der Waals surface area contributed by atoms with Gasteiger partial charge in [-0.05, 0) is 57.3 Å². The third kappa shape index (κ3) is 3.80. The van der Waals surface area contributed by atoms with Gasteiger partial charge in [-0.2, -0.15) is 0 Å². The van der Waals surface area contributed by atoms with E-state index >= 15 is 0 Å². The van der Waals surface area contributed by atoms with Crippen LogP contribution in [0.15, 0.2) is 0 Å². The van der Waals surface area contributed by atoms with Crippen LogP contribution in [0, 0.1) is 11.8 Å². The predicted octanol–water partition coefficient (Wildman–Crippen LogP) is 3.38. The summed E-state index contributed by atoms with van der Waals surface area (Å²) in [6.07, 6.45) is 14.3. The van der Waals surface area contributed by atoms with Crippen molar-refractivity contribution >= 4 is 5.91 Å². The zero-order valence-corrected chi connectivity index (χ0v) is 13.6. The Morgan fingerprint density at radius 3 is 2.48 bits per heavy atom. The standard InChI is InChI=1S/C18H32N2O/c1-13(14-7-3-2-4-8-14)19-18(21)17-12-11-15-9-5-6-10-16(15)20-17/h13-17,20H,2-12H2,1H3,(H,19,21). The molecule has 4 unspecified atom stereocenters. The third-order valence-corrected chi connectivity index (χ3v) is 6.19. The highest BCUT2D eigenvalue weighted by Gasteiger charge is 2.35. The number of hydrogen-bond acceptors (Lipinski definition) is 2. The molecular weight excluding hydrogens is 260 g/mol. The maximum absolute atomic E-state index is 12.6. The van der Waals surface area contributed by atoms with Gasteiger partial charge in [0.1, 0.15) is 0 Å². The van der Waals surface area contributed by atoms with Crippen LogP contribution < -0.4 is 10.6 Å². The lowest BCUT2D eigenvalue weighted by Gasteiger charge is -2.40. The van der Waals surface area contributed by atoms with Crippen molar-refractivity contribution in [3.05, 3.63) is 0 Å². The highest BCUT2D eigenvalue weighted by Crippen LogP contribution is 2.32. The zero-order chi connectivity index (χ0) is 14.7. The second-order valence-electron chi connectivity index (χ2n) is 7.64. The van der Waals surface area contributed by atoms with Gasteiger partial charge in [0.15, 0.2) is 0 Å². The van der Waals surface area contributed by atoms with Crippen molar-refractivity contribution in [3.8, 4) is 0 Å². The minimum absolute atomic E-state index is 0.0652. The molecule has 3 aliphatic rings. The monoisotopic (exact) mass is 292 g/mol. The third-order valence-electron chi connectivity index (χ3n) is 6.19. The number of piperidine rings is 1. The molecule has 4 atom stereocenters. The largest absolute Gasteiger partial charge is 0.352 e. The molecule has 0 spiro atoms. The summed E-state index contributed by atoms with van der Waals surface area (Å²) in [6.45, 7) is 2.21. The molecule has 1 saturated heterocycles. The molecule has 0 bridgehead atoms. The second-order valence-corrected chi connectivity index (χ2v) is 7.64. The Morgan fingerprint density at radius 2 is 1.67 bits per heavy atom. The average molecular weight is 292 g/mol. The summed E-state index contributed by atoms with van der Waals surface area (Å²) in [6, 6.07) is 1.02. The second kappa shape index (κ2) is 7.13. The van der Waals surface area contributed by atoms with Crippen LogP contribution in [0.5, 0.6) is 0 Å². The molecule has 3 heteroatoms. The van der Waals surface area contributed by atoms with Crippen molar-refractivity contribution in [2.75, 3.05) is 0 Å². The number of rotatable bonds is 3. The molecule has 1 aliphatic heterocycles. The Hall–Kier alpha value is -0.570. The van der Waals surface area contributed by atoms with Gasteiger partial charge in [0.25, 0.3) is 0 Å². The van der Waals surface area contributed by atoms with Gasteiger partial charge in [0.05, 0.1) is 6.04 Å².